The number of carbonyl (C=O) groups excluding carboxylic acids is 2. The minimum Gasteiger partial charge on any atom is -0.373 e. The molecule has 3 rings (SSSR count). The lowest BCUT2D eigenvalue weighted by atomic mass is 9.94. The highest BCUT2D eigenvalue weighted by Gasteiger charge is 2.56. The Hall–Kier alpha value is -1.93. The van der Waals surface area contributed by atoms with Crippen LogP contribution < -0.4 is 21.8 Å². The van der Waals surface area contributed by atoms with Gasteiger partial charge in [-0.25, -0.2) is 4.79 Å². The molecule has 0 bridgehead atoms. The molecule has 24 heavy (non-hydrogen) atoms. The number of hydrogen-bond donors (Lipinski definition) is 4. The van der Waals surface area contributed by atoms with Crippen molar-refractivity contribution < 1.29 is 14.4 Å². The number of unbranched alkanes of at least 4 members (excludes halogenated alkanes) is 1. The number of thioether (sulfide) groups is 1. The second kappa shape index (κ2) is 7.31. The van der Waals surface area contributed by atoms with E-state index in [1.165, 1.54) is 0 Å². The predicted molar refractivity (Wildman–Crippen MR) is 93.2 cm³/mol. The first-order valence-corrected chi connectivity index (χ1v) is 9.12. The maximum absolute atomic E-state index is 11.9. The average molecular weight is 350 g/mol. The Morgan fingerprint density at radius 2 is 2.17 bits per heavy atom. The zero-order valence-corrected chi connectivity index (χ0v) is 14.1. The maximum atomic E-state index is 11.9. The van der Waals surface area contributed by atoms with E-state index >= 15 is 0 Å². The Morgan fingerprint density at radius 3 is 2.92 bits per heavy atom. The molecule has 8 heteroatoms. The van der Waals surface area contributed by atoms with Gasteiger partial charge in [-0.1, -0.05) is 24.6 Å². The van der Waals surface area contributed by atoms with Crippen molar-refractivity contribution in [3.63, 3.8) is 0 Å². The summed E-state index contributed by atoms with van der Waals surface area (Å²) in [7, 11) is 0. The van der Waals surface area contributed by atoms with Gasteiger partial charge >= 0.3 is 12.0 Å². The lowest BCUT2D eigenvalue weighted by Crippen LogP contribution is -2.59. The number of benzene rings is 1. The molecule has 0 aliphatic carbocycles. The monoisotopic (exact) mass is 350 g/mol. The Kier molecular flexibility index (Phi) is 5.15. The minimum atomic E-state index is -0.503. The van der Waals surface area contributed by atoms with E-state index < -0.39 is 5.66 Å². The molecule has 2 saturated heterocycles. The minimum absolute atomic E-state index is 0.0363. The molecule has 2 aliphatic heterocycles. The number of amides is 2. The fourth-order valence-electron chi connectivity index (χ4n) is 3.33. The number of urea groups is 1. The average Bonchev–Trinajstić information content (AvgIpc) is 3.06. The molecule has 1 aromatic carbocycles. The van der Waals surface area contributed by atoms with Gasteiger partial charge in [0.05, 0.1) is 6.04 Å². The standard InChI is InChI=1S/C16H22N4O3S/c17-23-14(21)9-5-4-8-13-16(19-11-6-2-1-3-7-11)12(10-24-13)18-15(22)20-16/h1-3,6-7,12-13,19H,4-5,8-10,17H2,(H2,18,20,22)/t12-,13-,16-/m0/s1. The molecular weight excluding hydrogens is 328 g/mol. The lowest BCUT2D eigenvalue weighted by Gasteiger charge is -2.35. The molecule has 0 radical (unpaired) electrons. The number of anilines is 1. The first-order chi connectivity index (χ1) is 11.6. The van der Waals surface area contributed by atoms with Crippen LogP contribution in [0.1, 0.15) is 25.7 Å². The molecule has 7 nitrogen and oxygen atoms in total. The molecular formula is C16H22N4O3S. The Labute approximate surface area is 145 Å². The van der Waals surface area contributed by atoms with Crippen molar-refractivity contribution in [3.05, 3.63) is 30.3 Å². The molecule has 1 aromatic rings. The molecule has 5 N–H and O–H groups in total. The number of nitrogens with two attached hydrogens (primary N) is 1. The first-order valence-electron chi connectivity index (χ1n) is 8.07. The summed E-state index contributed by atoms with van der Waals surface area (Å²) in [5.74, 6) is 5.32. The van der Waals surface area contributed by atoms with Crippen LogP contribution in [-0.2, 0) is 9.63 Å². The van der Waals surface area contributed by atoms with Crippen LogP contribution in [0.3, 0.4) is 0 Å². The van der Waals surface area contributed by atoms with Crippen LogP contribution in [0.4, 0.5) is 10.5 Å². The number of rotatable bonds is 7. The number of nitrogens with one attached hydrogen (secondary N) is 3. The normalized spacial score (nSPS) is 28.0. The van der Waals surface area contributed by atoms with Crippen LogP contribution in [0.2, 0.25) is 0 Å². The van der Waals surface area contributed by atoms with Gasteiger partial charge in [0, 0.05) is 23.1 Å². The Balaban J connectivity index is 1.66. The van der Waals surface area contributed by atoms with Crippen LogP contribution in [0.15, 0.2) is 30.3 Å². The van der Waals surface area contributed by atoms with Gasteiger partial charge in [-0.2, -0.15) is 17.7 Å². The molecule has 2 heterocycles. The van der Waals surface area contributed by atoms with Gasteiger partial charge in [-0.3, -0.25) is 4.79 Å². The molecule has 2 fully saturated rings. The fraction of sp³-hybridized carbons (Fsp3) is 0.500. The van der Waals surface area contributed by atoms with Crippen molar-refractivity contribution in [1.82, 2.24) is 10.6 Å². The topological polar surface area (TPSA) is 105 Å². The third kappa shape index (κ3) is 3.44. The van der Waals surface area contributed by atoms with Gasteiger partial charge in [-0.05, 0) is 25.0 Å². The second-order valence-corrected chi connectivity index (χ2v) is 7.30. The molecule has 2 aliphatic rings. The van der Waals surface area contributed by atoms with Gasteiger partial charge in [0.2, 0.25) is 0 Å². The summed E-state index contributed by atoms with van der Waals surface area (Å²) in [5.41, 5.74) is 0.475. The van der Waals surface area contributed by atoms with Crippen molar-refractivity contribution in [2.75, 3.05) is 11.1 Å². The van der Waals surface area contributed by atoms with E-state index in [2.05, 4.69) is 20.8 Å². The van der Waals surface area contributed by atoms with E-state index in [1.807, 2.05) is 42.1 Å². The van der Waals surface area contributed by atoms with Crippen LogP contribution in [-0.4, -0.2) is 34.7 Å². The maximum Gasteiger partial charge on any atom is 0.324 e. The Morgan fingerprint density at radius 1 is 1.38 bits per heavy atom. The summed E-state index contributed by atoms with van der Waals surface area (Å²) in [4.78, 5) is 27.2. The zero-order valence-electron chi connectivity index (χ0n) is 13.3. The van der Waals surface area contributed by atoms with Crippen molar-refractivity contribution in [2.45, 2.75) is 42.6 Å². The molecule has 2 amide bonds. The van der Waals surface area contributed by atoms with Crippen molar-refractivity contribution in [1.29, 1.82) is 0 Å². The number of fused-ring (bicyclic) bond motifs is 1. The first kappa shape index (κ1) is 16.9. The van der Waals surface area contributed by atoms with Crippen molar-refractivity contribution >= 4 is 29.4 Å². The summed E-state index contributed by atoms with van der Waals surface area (Å²) in [5, 5.41) is 9.84. The highest BCUT2D eigenvalue weighted by atomic mass is 32.2. The second-order valence-electron chi connectivity index (χ2n) is 6.07. The van der Waals surface area contributed by atoms with Gasteiger partial charge in [0.1, 0.15) is 5.66 Å². The molecule has 0 saturated carbocycles. The van der Waals surface area contributed by atoms with Crippen molar-refractivity contribution in [3.8, 4) is 0 Å². The molecule has 0 spiro atoms. The van der Waals surface area contributed by atoms with Crippen molar-refractivity contribution in [2.24, 2.45) is 5.90 Å². The molecule has 0 unspecified atom stereocenters. The van der Waals surface area contributed by atoms with E-state index in [9.17, 15) is 9.59 Å². The van der Waals surface area contributed by atoms with Crippen LogP contribution in [0.5, 0.6) is 0 Å². The summed E-state index contributed by atoms with van der Waals surface area (Å²) in [6.07, 6.45) is 2.80. The fourth-order valence-corrected chi connectivity index (χ4v) is 4.98. The summed E-state index contributed by atoms with van der Waals surface area (Å²) < 4.78 is 0. The highest BCUT2D eigenvalue weighted by molar-refractivity contribution is 8.00. The summed E-state index contributed by atoms with van der Waals surface area (Å²) in [6.45, 7) is 0. The molecule has 0 aromatic heterocycles. The quantitative estimate of drug-likeness (QED) is 0.338. The molecule has 3 atom stereocenters. The van der Waals surface area contributed by atoms with E-state index in [0.29, 0.717) is 6.42 Å². The largest absolute Gasteiger partial charge is 0.373 e. The third-order valence-electron chi connectivity index (χ3n) is 4.50. The Bertz CT molecular complexity index is 600. The van der Waals surface area contributed by atoms with Gasteiger partial charge in [-0.15, -0.1) is 0 Å². The summed E-state index contributed by atoms with van der Waals surface area (Å²) in [6, 6.07) is 9.78. The number of hydrogen-bond acceptors (Lipinski definition) is 6. The zero-order chi connectivity index (χ0) is 17.0. The van der Waals surface area contributed by atoms with Crippen LogP contribution in [0.25, 0.3) is 0 Å². The third-order valence-corrected chi connectivity index (χ3v) is 6.04. The lowest BCUT2D eigenvalue weighted by molar-refractivity contribution is -0.144. The predicted octanol–water partition coefficient (Wildman–Crippen LogP) is 1.57. The van der Waals surface area contributed by atoms with E-state index in [-0.39, 0.29) is 23.3 Å². The van der Waals surface area contributed by atoms with Crippen LogP contribution in [0, 0.1) is 0 Å². The van der Waals surface area contributed by atoms with Gasteiger partial charge < -0.3 is 20.8 Å². The number of para-hydroxylation sites is 1. The van der Waals surface area contributed by atoms with E-state index in [1.54, 1.807) is 0 Å². The van der Waals surface area contributed by atoms with Gasteiger partial charge in [0.15, 0.2) is 0 Å². The summed E-state index contributed by atoms with van der Waals surface area (Å²) >= 11 is 1.84. The van der Waals surface area contributed by atoms with Crippen LogP contribution >= 0.6 is 11.8 Å². The number of carbonyl (C=O) groups is 2. The molecule has 130 valence electrons. The van der Waals surface area contributed by atoms with E-state index in [4.69, 9.17) is 5.90 Å². The van der Waals surface area contributed by atoms with E-state index in [0.717, 1.165) is 30.7 Å². The smallest absolute Gasteiger partial charge is 0.324 e. The highest BCUT2D eigenvalue weighted by Crippen LogP contribution is 2.41. The van der Waals surface area contributed by atoms with Gasteiger partial charge in [0.25, 0.3) is 0 Å². The SMILES string of the molecule is NOC(=O)CCCC[C@@H]1SC[C@@H]2NC(=O)N[C@@]21Nc1ccccc1.